The van der Waals surface area contributed by atoms with Gasteiger partial charge in [-0.25, -0.2) is 4.39 Å². The third-order valence-electron chi connectivity index (χ3n) is 4.47. The van der Waals surface area contributed by atoms with Crippen molar-refractivity contribution in [3.8, 4) is 0 Å². The molecule has 4 nitrogen and oxygen atoms in total. The van der Waals surface area contributed by atoms with Crippen molar-refractivity contribution in [3.05, 3.63) is 35.6 Å². The van der Waals surface area contributed by atoms with Crippen molar-refractivity contribution < 1.29 is 14.7 Å². The minimum Gasteiger partial charge on any atom is -0.395 e. The molecule has 1 fully saturated rings. The highest BCUT2D eigenvalue weighted by atomic mass is 19.1. The number of benzene rings is 1. The van der Waals surface area contributed by atoms with Gasteiger partial charge in [0, 0.05) is 13.6 Å². The van der Waals surface area contributed by atoms with E-state index in [0.29, 0.717) is 5.92 Å². The van der Waals surface area contributed by atoms with E-state index in [9.17, 15) is 14.7 Å². The van der Waals surface area contributed by atoms with Crippen LogP contribution in [0.25, 0.3) is 0 Å². The average Bonchev–Trinajstić information content (AvgIpc) is 2.48. The van der Waals surface area contributed by atoms with Crippen LogP contribution in [0.5, 0.6) is 0 Å². The summed E-state index contributed by atoms with van der Waals surface area (Å²) in [5.41, 5.74) is 1.15. The number of hydroxylamine groups is 2. The third kappa shape index (κ3) is 4.74. The Morgan fingerprint density at radius 2 is 1.90 bits per heavy atom. The lowest BCUT2D eigenvalue weighted by Gasteiger charge is -2.37. The highest BCUT2D eigenvalue weighted by Gasteiger charge is 2.28. The number of nitrogens with zero attached hydrogens (tertiary/aromatic N) is 2. The lowest BCUT2D eigenvalue weighted by atomic mass is 9.89. The minimum absolute atomic E-state index is 0.00670. The maximum absolute atomic E-state index is 12.8. The molecule has 0 amide bonds. The van der Waals surface area contributed by atoms with Crippen molar-refractivity contribution in [1.29, 1.82) is 0 Å². The Kier molecular flexibility index (Phi) is 6.11. The van der Waals surface area contributed by atoms with E-state index in [1.165, 1.54) is 12.1 Å². The number of rotatable bonds is 6. The van der Waals surface area contributed by atoms with E-state index >= 15 is 0 Å². The smallest absolute Gasteiger partial charge is 0.123 e. The highest BCUT2D eigenvalue weighted by molar-refractivity contribution is 5.16. The predicted molar refractivity (Wildman–Crippen MR) is 79.7 cm³/mol. The van der Waals surface area contributed by atoms with Crippen LogP contribution >= 0.6 is 0 Å². The molecule has 0 radical (unpaired) electrons. The van der Waals surface area contributed by atoms with Crippen molar-refractivity contribution >= 4 is 0 Å². The number of likely N-dealkylation sites (N-methyl/N-ethyl adjacent to an activating group) is 1. The summed E-state index contributed by atoms with van der Waals surface area (Å²) in [6.07, 6.45) is 2.90. The van der Waals surface area contributed by atoms with Crippen molar-refractivity contribution in [1.82, 2.24) is 9.96 Å². The summed E-state index contributed by atoms with van der Waals surface area (Å²) >= 11 is 0. The molecule has 0 aliphatic carbocycles. The number of likely N-dealkylation sites (tertiary alicyclic amines) is 1. The summed E-state index contributed by atoms with van der Waals surface area (Å²) < 4.78 is 12.8. The van der Waals surface area contributed by atoms with Crippen molar-refractivity contribution in [2.75, 3.05) is 33.3 Å². The maximum Gasteiger partial charge on any atom is 0.123 e. The monoisotopic (exact) mass is 296 g/mol. The van der Waals surface area contributed by atoms with Crippen LogP contribution in [-0.2, 0) is 6.42 Å². The first-order valence-electron chi connectivity index (χ1n) is 7.59. The number of hydrogen-bond acceptors (Lipinski definition) is 4. The molecule has 1 atom stereocenters. The Hall–Kier alpha value is -1.01. The number of aliphatic hydroxyl groups is 1. The molecule has 1 unspecified atom stereocenters. The van der Waals surface area contributed by atoms with Gasteiger partial charge in [-0.3, -0.25) is 0 Å². The third-order valence-corrected chi connectivity index (χ3v) is 4.47. The Morgan fingerprint density at radius 1 is 1.29 bits per heavy atom. The van der Waals surface area contributed by atoms with Crippen LogP contribution in [0, 0.1) is 11.7 Å². The summed E-state index contributed by atoms with van der Waals surface area (Å²) in [5, 5.41) is 20.0. The SMILES string of the molecule is CN(O)C(CO)C1CCN(CCc2ccc(F)cc2)CC1. The van der Waals surface area contributed by atoms with Gasteiger partial charge in [0.05, 0.1) is 12.6 Å². The fraction of sp³-hybridized carbons (Fsp3) is 0.625. The molecular weight excluding hydrogens is 271 g/mol. The molecule has 1 heterocycles. The van der Waals surface area contributed by atoms with E-state index in [0.717, 1.165) is 49.5 Å². The second-order valence-electron chi connectivity index (χ2n) is 5.88. The van der Waals surface area contributed by atoms with Gasteiger partial charge in [0.2, 0.25) is 0 Å². The molecule has 0 aromatic heterocycles. The number of piperidine rings is 1. The van der Waals surface area contributed by atoms with Crippen LogP contribution in [0.4, 0.5) is 4.39 Å². The summed E-state index contributed by atoms with van der Waals surface area (Å²) in [5.74, 6) is 0.148. The second-order valence-corrected chi connectivity index (χ2v) is 5.88. The molecule has 1 aliphatic heterocycles. The molecule has 21 heavy (non-hydrogen) atoms. The summed E-state index contributed by atoms with van der Waals surface area (Å²) in [7, 11) is 1.60. The first kappa shape index (κ1) is 16.4. The average molecular weight is 296 g/mol. The predicted octanol–water partition coefficient (Wildman–Crippen LogP) is 1.76. The van der Waals surface area contributed by atoms with E-state index in [-0.39, 0.29) is 18.5 Å². The van der Waals surface area contributed by atoms with Crippen LogP contribution in [-0.4, -0.2) is 59.6 Å². The molecule has 0 spiro atoms. The standard InChI is InChI=1S/C16H25FN2O2/c1-18(21)16(12-20)14-7-10-19(11-8-14)9-6-13-2-4-15(17)5-3-13/h2-5,14,16,20-21H,6-12H2,1H3. The molecule has 2 N–H and O–H groups in total. The van der Waals surface area contributed by atoms with Gasteiger partial charge in [0.1, 0.15) is 5.82 Å². The lowest BCUT2D eigenvalue weighted by molar-refractivity contribution is -0.136. The molecule has 1 aliphatic rings. The van der Waals surface area contributed by atoms with Crippen molar-refractivity contribution in [2.45, 2.75) is 25.3 Å². The van der Waals surface area contributed by atoms with Gasteiger partial charge in [-0.15, -0.1) is 0 Å². The Balaban J connectivity index is 1.75. The van der Waals surface area contributed by atoms with E-state index in [4.69, 9.17) is 0 Å². The van der Waals surface area contributed by atoms with Crippen molar-refractivity contribution in [3.63, 3.8) is 0 Å². The first-order chi connectivity index (χ1) is 10.1. The topological polar surface area (TPSA) is 46.9 Å². The molecule has 2 rings (SSSR count). The fourth-order valence-electron chi connectivity index (χ4n) is 3.07. The van der Waals surface area contributed by atoms with Gasteiger partial charge in [0.25, 0.3) is 0 Å². The van der Waals surface area contributed by atoms with Crippen LogP contribution in [0.1, 0.15) is 18.4 Å². The molecule has 1 aromatic rings. The van der Waals surface area contributed by atoms with Gasteiger partial charge in [0.15, 0.2) is 0 Å². The summed E-state index contributed by atoms with van der Waals surface area (Å²) in [6.45, 7) is 2.93. The summed E-state index contributed by atoms with van der Waals surface area (Å²) in [4.78, 5) is 2.39. The summed E-state index contributed by atoms with van der Waals surface area (Å²) in [6, 6.07) is 6.52. The fourth-order valence-corrected chi connectivity index (χ4v) is 3.07. The molecule has 5 heteroatoms. The Morgan fingerprint density at radius 3 is 2.43 bits per heavy atom. The van der Waals surface area contributed by atoms with Gasteiger partial charge < -0.3 is 15.2 Å². The van der Waals surface area contributed by atoms with Crippen LogP contribution in [0.15, 0.2) is 24.3 Å². The van der Waals surface area contributed by atoms with E-state index in [1.807, 2.05) is 12.1 Å². The molecule has 0 saturated carbocycles. The zero-order chi connectivity index (χ0) is 15.2. The molecule has 0 bridgehead atoms. The first-order valence-corrected chi connectivity index (χ1v) is 7.59. The zero-order valence-electron chi connectivity index (χ0n) is 12.6. The number of hydrogen-bond donors (Lipinski definition) is 2. The lowest BCUT2D eigenvalue weighted by Crippen LogP contribution is -2.45. The van der Waals surface area contributed by atoms with E-state index < -0.39 is 0 Å². The van der Waals surface area contributed by atoms with Crippen molar-refractivity contribution in [2.24, 2.45) is 5.92 Å². The van der Waals surface area contributed by atoms with Gasteiger partial charge >= 0.3 is 0 Å². The zero-order valence-corrected chi connectivity index (χ0v) is 12.6. The molecule has 1 saturated heterocycles. The van der Waals surface area contributed by atoms with Crippen LogP contribution in [0.2, 0.25) is 0 Å². The Labute approximate surface area is 125 Å². The maximum atomic E-state index is 12.8. The molecular formula is C16H25FN2O2. The second kappa shape index (κ2) is 7.84. The quantitative estimate of drug-likeness (QED) is 0.785. The van der Waals surface area contributed by atoms with E-state index in [1.54, 1.807) is 7.05 Å². The number of aliphatic hydroxyl groups excluding tert-OH is 1. The minimum atomic E-state index is -0.192. The van der Waals surface area contributed by atoms with Gasteiger partial charge in [-0.05, 0) is 56.0 Å². The largest absolute Gasteiger partial charge is 0.395 e. The normalized spacial score (nSPS) is 19.1. The van der Waals surface area contributed by atoms with Gasteiger partial charge in [-0.2, -0.15) is 5.06 Å². The molecule has 1 aromatic carbocycles. The van der Waals surface area contributed by atoms with Crippen LogP contribution in [0.3, 0.4) is 0 Å². The van der Waals surface area contributed by atoms with Crippen LogP contribution < -0.4 is 0 Å². The molecule has 118 valence electrons. The van der Waals surface area contributed by atoms with E-state index in [2.05, 4.69) is 4.90 Å². The number of halogens is 1. The Bertz CT molecular complexity index is 417. The highest BCUT2D eigenvalue weighted by Crippen LogP contribution is 2.23. The van der Waals surface area contributed by atoms with Gasteiger partial charge in [-0.1, -0.05) is 12.1 Å².